The van der Waals surface area contributed by atoms with Gasteiger partial charge in [0.1, 0.15) is 0 Å². The summed E-state index contributed by atoms with van der Waals surface area (Å²) in [6.45, 7) is 2.52. The van der Waals surface area contributed by atoms with Gasteiger partial charge >= 0.3 is 0 Å². The number of hydrogen-bond acceptors (Lipinski definition) is 5. The fourth-order valence-corrected chi connectivity index (χ4v) is 4.62. The number of thioether (sulfide) groups is 1. The summed E-state index contributed by atoms with van der Waals surface area (Å²) in [6.07, 6.45) is 0.745. The van der Waals surface area contributed by atoms with Crippen molar-refractivity contribution < 1.29 is 13.6 Å². The molecule has 0 bridgehead atoms. The van der Waals surface area contributed by atoms with Crippen molar-refractivity contribution in [2.75, 3.05) is 12.3 Å². The Balaban J connectivity index is 1.42. The van der Waals surface area contributed by atoms with E-state index < -0.39 is 11.6 Å². The SMILES string of the molecule is Cc1nc(-c2ccc(CCNC(=O)CSc3ccc(F)c(F)c3)s2)cs1. The van der Waals surface area contributed by atoms with Crippen molar-refractivity contribution in [2.24, 2.45) is 0 Å². The number of nitrogens with zero attached hydrogens (tertiary/aromatic N) is 1. The molecule has 2 heterocycles. The van der Waals surface area contributed by atoms with E-state index in [1.54, 1.807) is 22.7 Å². The molecular formula is C18H16F2N2OS3. The van der Waals surface area contributed by atoms with Crippen molar-refractivity contribution in [3.8, 4) is 10.6 Å². The number of rotatable bonds is 7. The summed E-state index contributed by atoms with van der Waals surface area (Å²) in [4.78, 5) is 19.2. The maximum atomic E-state index is 13.1. The number of aryl methyl sites for hydroxylation is 1. The van der Waals surface area contributed by atoms with Crippen LogP contribution in [0.5, 0.6) is 0 Å². The van der Waals surface area contributed by atoms with Crippen LogP contribution in [0.2, 0.25) is 0 Å². The smallest absolute Gasteiger partial charge is 0.230 e. The predicted octanol–water partition coefficient (Wildman–Crippen LogP) is 4.91. The van der Waals surface area contributed by atoms with E-state index in [-0.39, 0.29) is 11.7 Å². The summed E-state index contributed by atoms with van der Waals surface area (Å²) < 4.78 is 26.0. The molecule has 3 nitrogen and oxygen atoms in total. The van der Waals surface area contributed by atoms with Gasteiger partial charge in [-0.25, -0.2) is 13.8 Å². The van der Waals surface area contributed by atoms with Gasteiger partial charge in [-0.05, 0) is 43.7 Å². The molecule has 1 amide bonds. The average Bonchev–Trinajstić information content (AvgIpc) is 3.25. The van der Waals surface area contributed by atoms with Crippen LogP contribution in [0, 0.1) is 18.6 Å². The Morgan fingerprint density at radius 2 is 2.08 bits per heavy atom. The van der Waals surface area contributed by atoms with E-state index in [2.05, 4.69) is 22.4 Å². The maximum absolute atomic E-state index is 13.1. The van der Waals surface area contributed by atoms with Crippen LogP contribution in [0.1, 0.15) is 9.88 Å². The summed E-state index contributed by atoms with van der Waals surface area (Å²) in [6, 6.07) is 7.73. The highest BCUT2D eigenvalue weighted by Gasteiger charge is 2.08. The zero-order valence-electron chi connectivity index (χ0n) is 13.9. The molecule has 3 rings (SSSR count). The number of thiazole rings is 1. The fraction of sp³-hybridized carbons (Fsp3) is 0.222. The molecule has 2 aromatic heterocycles. The Morgan fingerprint density at radius 3 is 2.81 bits per heavy atom. The molecule has 136 valence electrons. The average molecular weight is 411 g/mol. The minimum absolute atomic E-state index is 0.133. The Hall–Kier alpha value is -1.77. The van der Waals surface area contributed by atoms with Gasteiger partial charge in [0, 0.05) is 21.7 Å². The van der Waals surface area contributed by atoms with Gasteiger partial charge in [0.15, 0.2) is 11.6 Å². The van der Waals surface area contributed by atoms with Gasteiger partial charge in [-0.1, -0.05) is 0 Å². The largest absolute Gasteiger partial charge is 0.355 e. The predicted molar refractivity (Wildman–Crippen MR) is 104 cm³/mol. The minimum Gasteiger partial charge on any atom is -0.355 e. The third kappa shape index (κ3) is 5.12. The van der Waals surface area contributed by atoms with Crippen molar-refractivity contribution in [3.05, 3.63) is 57.2 Å². The molecule has 3 aromatic rings. The first-order valence-electron chi connectivity index (χ1n) is 7.87. The zero-order valence-corrected chi connectivity index (χ0v) is 16.4. The molecular weight excluding hydrogens is 394 g/mol. The molecule has 1 N–H and O–H groups in total. The van der Waals surface area contributed by atoms with Crippen molar-refractivity contribution in [3.63, 3.8) is 0 Å². The zero-order chi connectivity index (χ0) is 18.5. The van der Waals surface area contributed by atoms with Crippen molar-refractivity contribution in [1.82, 2.24) is 10.3 Å². The van der Waals surface area contributed by atoms with E-state index >= 15 is 0 Å². The normalized spacial score (nSPS) is 10.9. The molecule has 0 aliphatic carbocycles. The van der Waals surface area contributed by atoms with Gasteiger partial charge in [-0.3, -0.25) is 4.79 Å². The van der Waals surface area contributed by atoms with Gasteiger partial charge in [0.25, 0.3) is 0 Å². The first kappa shape index (κ1) is 19.0. The number of carbonyl (C=O) groups excluding carboxylic acids is 1. The lowest BCUT2D eigenvalue weighted by Crippen LogP contribution is -2.27. The number of benzene rings is 1. The molecule has 0 atom stereocenters. The van der Waals surface area contributed by atoms with E-state index in [1.165, 1.54) is 22.7 Å². The maximum Gasteiger partial charge on any atom is 0.230 e. The van der Waals surface area contributed by atoms with Gasteiger partial charge in [0.2, 0.25) is 5.91 Å². The first-order valence-corrected chi connectivity index (χ1v) is 10.5. The Labute approximate surface area is 162 Å². The number of halogens is 2. The number of nitrogens with one attached hydrogen (secondary N) is 1. The molecule has 8 heteroatoms. The number of amides is 1. The highest BCUT2D eigenvalue weighted by Crippen LogP contribution is 2.29. The minimum atomic E-state index is -0.904. The van der Waals surface area contributed by atoms with Gasteiger partial charge < -0.3 is 5.32 Å². The second kappa shape index (κ2) is 8.75. The second-order valence-corrected chi connectivity index (χ2v) is 8.76. The third-order valence-corrected chi connectivity index (χ3v) is 6.42. The van der Waals surface area contributed by atoms with Gasteiger partial charge in [-0.2, -0.15) is 0 Å². The van der Waals surface area contributed by atoms with Gasteiger partial charge in [-0.15, -0.1) is 34.4 Å². The van der Waals surface area contributed by atoms with Crippen LogP contribution >= 0.6 is 34.4 Å². The molecule has 0 saturated carbocycles. The second-order valence-electron chi connectivity index (χ2n) is 5.48. The highest BCUT2D eigenvalue weighted by molar-refractivity contribution is 8.00. The molecule has 26 heavy (non-hydrogen) atoms. The van der Waals surface area contributed by atoms with Crippen LogP contribution in [0.25, 0.3) is 10.6 Å². The lowest BCUT2D eigenvalue weighted by Gasteiger charge is -2.05. The Bertz CT molecular complexity index is 907. The van der Waals surface area contributed by atoms with Crippen molar-refractivity contribution in [2.45, 2.75) is 18.2 Å². The highest BCUT2D eigenvalue weighted by atomic mass is 32.2. The fourth-order valence-electron chi connectivity index (χ4n) is 2.22. The third-order valence-electron chi connectivity index (χ3n) is 3.49. The van der Waals surface area contributed by atoms with Crippen LogP contribution in [-0.2, 0) is 11.2 Å². The summed E-state index contributed by atoms with van der Waals surface area (Å²) in [5.74, 6) is -1.76. The number of carbonyl (C=O) groups is 1. The van der Waals surface area contributed by atoms with E-state index in [4.69, 9.17) is 0 Å². The standard InChI is InChI=1S/C18H16F2N2OS3/c1-11-22-16(9-24-11)17-5-3-12(26-17)6-7-21-18(23)10-25-13-2-4-14(19)15(20)8-13/h2-5,8-9H,6-7,10H2,1H3,(H,21,23). The quantitative estimate of drug-likeness (QED) is 0.563. The number of thiophene rings is 1. The van der Waals surface area contributed by atoms with Gasteiger partial charge in [0.05, 0.1) is 21.3 Å². The number of hydrogen-bond donors (Lipinski definition) is 1. The molecule has 1 aromatic carbocycles. The summed E-state index contributed by atoms with van der Waals surface area (Å²) in [5.41, 5.74) is 0.996. The van der Waals surface area contributed by atoms with E-state index in [1.807, 2.05) is 12.3 Å². The monoisotopic (exact) mass is 410 g/mol. The Morgan fingerprint density at radius 1 is 1.23 bits per heavy atom. The first-order chi connectivity index (χ1) is 12.5. The lowest BCUT2D eigenvalue weighted by atomic mass is 10.3. The lowest BCUT2D eigenvalue weighted by molar-refractivity contribution is -0.118. The molecule has 0 unspecified atom stereocenters. The molecule has 0 saturated heterocycles. The molecule has 0 fully saturated rings. The van der Waals surface area contributed by atoms with E-state index in [0.29, 0.717) is 11.4 Å². The van der Waals surface area contributed by atoms with Crippen LogP contribution in [0.4, 0.5) is 8.78 Å². The van der Waals surface area contributed by atoms with Crippen molar-refractivity contribution in [1.29, 1.82) is 0 Å². The van der Waals surface area contributed by atoms with Crippen LogP contribution in [0.15, 0.2) is 40.6 Å². The molecule has 0 aliphatic rings. The molecule has 0 spiro atoms. The summed E-state index contributed by atoms with van der Waals surface area (Å²) in [7, 11) is 0. The van der Waals surface area contributed by atoms with Crippen molar-refractivity contribution >= 4 is 40.3 Å². The summed E-state index contributed by atoms with van der Waals surface area (Å²) in [5, 5.41) is 5.93. The number of aromatic nitrogens is 1. The molecule has 0 aliphatic heterocycles. The summed E-state index contributed by atoms with van der Waals surface area (Å²) >= 11 is 4.48. The van der Waals surface area contributed by atoms with Crippen LogP contribution in [0.3, 0.4) is 0 Å². The Kier molecular flexibility index (Phi) is 6.39. The van der Waals surface area contributed by atoms with E-state index in [9.17, 15) is 13.6 Å². The van der Waals surface area contributed by atoms with Crippen LogP contribution in [-0.4, -0.2) is 23.2 Å². The van der Waals surface area contributed by atoms with E-state index in [0.717, 1.165) is 34.1 Å². The molecule has 0 radical (unpaired) electrons. The van der Waals surface area contributed by atoms with Crippen LogP contribution < -0.4 is 5.32 Å². The topological polar surface area (TPSA) is 42.0 Å².